The maximum Gasteiger partial charge on any atom is 0.267 e. The van der Waals surface area contributed by atoms with E-state index in [0.29, 0.717) is 11.7 Å². The summed E-state index contributed by atoms with van der Waals surface area (Å²) in [5.74, 6) is -0.171. The lowest BCUT2D eigenvalue weighted by Gasteiger charge is -2.12. The molecule has 1 fully saturated rings. The van der Waals surface area contributed by atoms with Gasteiger partial charge in [0, 0.05) is 13.7 Å². The molecule has 1 rings (SSSR count). The van der Waals surface area contributed by atoms with E-state index in [2.05, 4.69) is 16.2 Å². The molecule has 1 saturated heterocycles. The van der Waals surface area contributed by atoms with Gasteiger partial charge >= 0.3 is 0 Å². The van der Waals surface area contributed by atoms with Gasteiger partial charge < -0.3 is 10.1 Å². The van der Waals surface area contributed by atoms with E-state index in [0.717, 1.165) is 12.8 Å². The molecule has 0 bridgehead atoms. The SMILES string of the molecule is CNC(=S)NNC(=O)[C@@H]1CCCO1. The summed E-state index contributed by atoms with van der Waals surface area (Å²) in [6.45, 7) is 0.661. The van der Waals surface area contributed by atoms with Gasteiger partial charge in [-0.3, -0.25) is 15.6 Å². The van der Waals surface area contributed by atoms with Crippen molar-refractivity contribution in [3.05, 3.63) is 0 Å². The van der Waals surface area contributed by atoms with Gasteiger partial charge in [0.15, 0.2) is 5.11 Å². The molecule has 0 radical (unpaired) electrons. The van der Waals surface area contributed by atoms with Crippen LogP contribution in [0.2, 0.25) is 0 Å². The number of hydrogen-bond acceptors (Lipinski definition) is 3. The van der Waals surface area contributed by atoms with Crippen molar-refractivity contribution in [3.8, 4) is 0 Å². The summed E-state index contributed by atoms with van der Waals surface area (Å²) in [5.41, 5.74) is 5.01. The molecule has 3 N–H and O–H groups in total. The van der Waals surface area contributed by atoms with Crippen LogP contribution in [-0.4, -0.2) is 30.8 Å². The van der Waals surface area contributed by atoms with Crippen molar-refractivity contribution in [2.24, 2.45) is 0 Å². The van der Waals surface area contributed by atoms with Crippen LogP contribution in [0.5, 0.6) is 0 Å². The van der Waals surface area contributed by atoms with Crippen molar-refractivity contribution in [2.75, 3.05) is 13.7 Å². The minimum atomic E-state index is -0.327. The van der Waals surface area contributed by atoms with Crippen LogP contribution in [0.4, 0.5) is 0 Å². The zero-order valence-corrected chi connectivity index (χ0v) is 8.24. The number of carbonyl (C=O) groups is 1. The first kappa shape index (κ1) is 10.2. The summed E-state index contributed by atoms with van der Waals surface area (Å²) < 4.78 is 5.16. The third-order valence-corrected chi connectivity index (χ3v) is 2.05. The number of thiocarbonyl (C=S) groups is 1. The predicted molar refractivity (Wildman–Crippen MR) is 51.9 cm³/mol. The van der Waals surface area contributed by atoms with Gasteiger partial charge in [-0.2, -0.15) is 0 Å². The molecule has 0 saturated carbocycles. The summed E-state index contributed by atoms with van der Waals surface area (Å²) >= 11 is 4.77. The molecular weight excluding hydrogens is 190 g/mol. The Morgan fingerprint density at radius 1 is 1.54 bits per heavy atom. The first-order chi connectivity index (χ1) is 6.24. The van der Waals surface area contributed by atoms with Gasteiger partial charge in [-0.15, -0.1) is 0 Å². The molecule has 1 heterocycles. The molecule has 1 atom stereocenters. The smallest absolute Gasteiger partial charge is 0.267 e. The highest BCUT2D eigenvalue weighted by molar-refractivity contribution is 7.80. The molecular formula is C7H13N3O2S. The number of amides is 1. The number of hydrazine groups is 1. The van der Waals surface area contributed by atoms with E-state index >= 15 is 0 Å². The van der Waals surface area contributed by atoms with Gasteiger partial charge in [-0.25, -0.2) is 0 Å². The summed E-state index contributed by atoms with van der Waals surface area (Å²) in [5, 5.41) is 3.06. The normalized spacial score (nSPS) is 20.8. The zero-order chi connectivity index (χ0) is 9.68. The molecule has 1 amide bonds. The van der Waals surface area contributed by atoms with Crippen LogP contribution in [0, 0.1) is 0 Å². The van der Waals surface area contributed by atoms with Gasteiger partial charge in [-0.05, 0) is 25.1 Å². The summed E-state index contributed by atoms with van der Waals surface area (Å²) in [7, 11) is 1.67. The average molecular weight is 203 g/mol. The van der Waals surface area contributed by atoms with Crippen LogP contribution in [-0.2, 0) is 9.53 Å². The fourth-order valence-corrected chi connectivity index (χ4v) is 1.10. The molecule has 0 aromatic rings. The third-order valence-electron chi connectivity index (χ3n) is 1.75. The topological polar surface area (TPSA) is 62.4 Å². The number of hydrogen-bond donors (Lipinski definition) is 3. The van der Waals surface area contributed by atoms with Gasteiger partial charge in [0.1, 0.15) is 6.10 Å². The molecule has 0 aromatic heterocycles. The van der Waals surface area contributed by atoms with Crippen LogP contribution < -0.4 is 16.2 Å². The second-order valence-corrected chi connectivity index (χ2v) is 3.10. The highest BCUT2D eigenvalue weighted by Gasteiger charge is 2.23. The fourth-order valence-electron chi connectivity index (χ4n) is 1.05. The molecule has 1 aliphatic heterocycles. The Kier molecular flexibility index (Phi) is 3.91. The van der Waals surface area contributed by atoms with Crippen molar-refractivity contribution >= 4 is 23.2 Å². The molecule has 0 spiro atoms. The van der Waals surface area contributed by atoms with Crippen LogP contribution >= 0.6 is 12.2 Å². The predicted octanol–water partition coefficient (Wildman–Crippen LogP) is -0.710. The van der Waals surface area contributed by atoms with Crippen LogP contribution in [0.1, 0.15) is 12.8 Å². The number of rotatable bonds is 1. The van der Waals surface area contributed by atoms with Gasteiger partial charge in [-0.1, -0.05) is 0 Å². The highest BCUT2D eigenvalue weighted by atomic mass is 32.1. The fraction of sp³-hybridized carbons (Fsp3) is 0.714. The molecule has 0 aromatic carbocycles. The van der Waals surface area contributed by atoms with E-state index in [1.807, 2.05) is 0 Å². The number of ether oxygens (including phenoxy) is 1. The van der Waals surface area contributed by atoms with E-state index in [4.69, 9.17) is 17.0 Å². The minimum Gasteiger partial charge on any atom is -0.368 e. The summed E-state index contributed by atoms with van der Waals surface area (Å²) in [6.07, 6.45) is 1.39. The average Bonchev–Trinajstić information content (AvgIpc) is 2.66. The molecule has 1 aliphatic rings. The Balaban J connectivity index is 2.20. The van der Waals surface area contributed by atoms with E-state index < -0.39 is 0 Å². The van der Waals surface area contributed by atoms with E-state index in [1.165, 1.54) is 0 Å². The van der Waals surface area contributed by atoms with Crippen LogP contribution in [0.25, 0.3) is 0 Å². The Bertz CT molecular complexity index is 204. The minimum absolute atomic E-state index is 0.171. The van der Waals surface area contributed by atoms with Crippen LogP contribution in [0.3, 0.4) is 0 Å². The Morgan fingerprint density at radius 3 is 2.85 bits per heavy atom. The van der Waals surface area contributed by atoms with Crippen molar-refractivity contribution < 1.29 is 9.53 Å². The number of nitrogens with one attached hydrogen (secondary N) is 3. The quantitative estimate of drug-likeness (QED) is 0.388. The summed E-state index contributed by atoms with van der Waals surface area (Å²) in [4.78, 5) is 11.3. The molecule has 0 aliphatic carbocycles. The second kappa shape index (κ2) is 4.98. The summed E-state index contributed by atoms with van der Waals surface area (Å²) in [6, 6.07) is 0. The maximum absolute atomic E-state index is 11.3. The lowest BCUT2D eigenvalue weighted by atomic mass is 10.2. The van der Waals surface area contributed by atoms with Gasteiger partial charge in [0.05, 0.1) is 0 Å². The lowest BCUT2D eigenvalue weighted by Crippen LogP contribution is -2.49. The molecule has 13 heavy (non-hydrogen) atoms. The van der Waals surface area contributed by atoms with E-state index in [1.54, 1.807) is 7.05 Å². The first-order valence-electron chi connectivity index (χ1n) is 4.13. The Labute approximate surface area is 82.2 Å². The monoisotopic (exact) mass is 203 g/mol. The molecule has 6 heteroatoms. The number of carbonyl (C=O) groups excluding carboxylic acids is 1. The molecule has 5 nitrogen and oxygen atoms in total. The van der Waals surface area contributed by atoms with Gasteiger partial charge in [0.2, 0.25) is 0 Å². The van der Waals surface area contributed by atoms with Crippen molar-refractivity contribution in [2.45, 2.75) is 18.9 Å². The first-order valence-corrected chi connectivity index (χ1v) is 4.54. The third kappa shape index (κ3) is 3.16. The molecule has 0 unspecified atom stereocenters. The second-order valence-electron chi connectivity index (χ2n) is 2.70. The zero-order valence-electron chi connectivity index (χ0n) is 7.42. The van der Waals surface area contributed by atoms with Crippen molar-refractivity contribution in [1.82, 2.24) is 16.2 Å². The standard InChI is InChI=1S/C7H13N3O2S/c1-8-7(13)10-9-6(11)5-3-2-4-12-5/h5H,2-4H2,1H3,(H,9,11)(H2,8,10,13)/t5-/m0/s1. The maximum atomic E-state index is 11.3. The Morgan fingerprint density at radius 2 is 2.31 bits per heavy atom. The highest BCUT2D eigenvalue weighted by Crippen LogP contribution is 2.11. The van der Waals surface area contributed by atoms with Crippen molar-refractivity contribution in [1.29, 1.82) is 0 Å². The lowest BCUT2D eigenvalue weighted by molar-refractivity contribution is -0.130. The van der Waals surface area contributed by atoms with Gasteiger partial charge in [0.25, 0.3) is 5.91 Å². The van der Waals surface area contributed by atoms with Crippen molar-refractivity contribution in [3.63, 3.8) is 0 Å². The van der Waals surface area contributed by atoms with E-state index in [-0.39, 0.29) is 12.0 Å². The largest absolute Gasteiger partial charge is 0.368 e. The Hall–Kier alpha value is -0.880. The van der Waals surface area contributed by atoms with Crippen LogP contribution in [0.15, 0.2) is 0 Å². The molecule has 74 valence electrons. The van der Waals surface area contributed by atoms with E-state index in [9.17, 15) is 4.79 Å².